The van der Waals surface area contributed by atoms with Crippen molar-refractivity contribution in [2.75, 3.05) is 0 Å². The van der Waals surface area contributed by atoms with E-state index in [1.54, 1.807) is 4.68 Å². The Balaban J connectivity index is 2.14. The predicted molar refractivity (Wildman–Crippen MR) is 51.8 cm³/mol. The summed E-state index contributed by atoms with van der Waals surface area (Å²) in [6.07, 6.45) is 6.42. The van der Waals surface area contributed by atoms with Crippen LogP contribution in [0.1, 0.15) is 43.8 Å². The van der Waals surface area contributed by atoms with Crippen LogP contribution >= 0.6 is 11.6 Å². The number of halogens is 1. The lowest BCUT2D eigenvalue weighted by atomic mass is 9.89. The van der Waals surface area contributed by atoms with E-state index in [-0.39, 0.29) is 0 Å². The molecule has 0 aliphatic heterocycles. The Kier molecular flexibility index (Phi) is 2.54. The van der Waals surface area contributed by atoms with Crippen LogP contribution in [0.5, 0.6) is 0 Å². The van der Waals surface area contributed by atoms with Crippen molar-refractivity contribution < 1.29 is 0 Å². The van der Waals surface area contributed by atoms with Gasteiger partial charge in [-0.05, 0) is 24.4 Å². The average molecular weight is 200 g/mol. The zero-order valence-electron chi connectivity index (χ0n) is 7.83. The van der Waals surface area contributed by atoms with Crippen LogP contribution in [0.3, 0.4) is 0 Å². The first kappa shape index (κ1) is 9.00. The lowest BCUT2D eigenvalue weighted by Gasteiger charge is -2.17. The van der Waals surface area contributed by atoms with E-state index in [9.17, 15) is 0 Å². The molecule has 1 aliphatic carbocycles. The van der Waals surface area contributed by atoms with E-state index in [2.05, 4.69) is 10.1 Å². The Morgan fingerprint density at radius 1 is 1.31 bits per heavy atom. The van der Waals surface area contributed by atoms with Gasteiger partial charge in [0.05, 0.1) is 0 Å². The maximum Gasteiger partial charge on any atom is 0.220 e. The molecule has 1 fully saturated rings. The summed E-state index contributed by atoms with van der Waals surface area (Å²) in [4.78, 5) is 4.25. The van der Waals surface area contributed by atoms with Crippen molar-refractivity contribution in [2.24, 2.45) is 7.05 Å². The van der Waals surface area contributed by atoms with E-state index in [1.807, 2.05) is 7.05 Å². The molecule has 72 valence electrons. The van der Waals surface area contributed by atoms with Crippen molar-refractivity contribution in [2.45, 2.75) is 38.0 Å². The van der Waals surface area contributed by atoms with Gasteiger partial charge in [-0.15, -0.1) is 0 Å². The van der Waals surface area contributed by atoms with Gasteiger partial charge in [-0.1, -0.05) is 19.3 Å². The minimum absolute atomic E-state index is 0.501. The molecule has 3 nitrogen and oxygen atoms in total. The molecule has 1 aliphatic rings. The van der Waals surface area contributed by atoms with E-state index in [4.69, 9.17) is 11.6 Å². The zero-order chi connectivity index (χ0) is 9.26. The summed E-state index contributed by atoms with van der Waals surface area (Å²) in [6.45, 7) is 0. The van der Waals surface area contributed by atoms with E-state index in [0.29, 0.717) is 11.2 Å². The average Bonchev–Trinajstić information content (AvgIpc) is 2.49. The fraction of sp³-hybridized carbons (Fsp3) is 0.778. The molecule has 0 unspecified atom stereocenters. The second-order valence-corrected chi connectivity index (χ2v) is 4.04. The summed E-state index contributed by atoms with van der Waals surface area (Å²) in [6, 6.07) is 0. The third-order valence-corrected chi connectivity index (χ3v) is 3.03. The van der Waals surface area contributed by atoms with Gasteiger partial charge in [0.25, 0.3) is 0 Å². The van der Waals surface area contributed by atoms with Gasteiger partial charge in [0.1, 0.15) is 0 Å². The SMILES string of the molecule is Cn1nc(C2CCCCC2)nc1Cl. The monoisotopic (exact) mass is 199 g/mol. The minimum atomic E-state index is 0.501. The third-order valence-electron chi connectivity index (χ3n) is 2.70. The van der Waals surface area contributed by atoms with E-state index < -0.39 is 0 Å². The Labute approximate surface area is 83.1 Å². The number of hydrogen-bond acceptors (Lipinski definition) is 2. The highest BCUT2D eigenvalue weighted by Crippen LogP contribution is 2.30. The highest BCUT2D eigenvalue weighted by molar-refractivity contribution is 6.28. The molecule has 0 N–H and O–H groups in total. The predicted octanol–water partition coefficient (Wildman–Crippen LogP) is 2.52. The van der Waals surface area contributed by atoms with Crippen LogP contribution in [0, 0.1) is 0 Å². The van der Waals surface area contributed by atoms with E-state index in [0.717, 1.165) is 5.82 Å². The molecule has 0 spiro atoms. The molecule has 1 aromatic rings. The van der Waals surface area contributed by atoms with Crippen LogP contribution in [0.4, 0.5) is 0 Å². The summed E-state index contributed by atoms with van der Waals surface area (Å²) in [7, 11) is 1.83. The molecule has 0 amide bonds. The molecule has 1 heterocycles. The molecule has 0 aromatic carbocycles. The van der Waals surface area contributed by atoms with Crippen molar-refractivity contribution in [3.8, 4) is 0 Å². The lowest BCUT2D eigenvalue weighted by Crippen LogP contribution is -2.06. The maximum absolute atomic E-state index is 5.84. The number of nitrogens with zero attached hydrogens (tertiary/aromatic N) is 3. The van der Waals surface area contributed by atoms with E-state index in [1.165, 1.54) is 32.1 Å². The smallest absolute Gasteiger partial charge is 0.220 e. The maximum atomic E-state index is 5.84. The molecular formula is C9H14ClN3. The standard InChI is InChI=1S/C9H14ClN3/c1-13-9(10)11-8(12-13)7-5-3-2-4-6-7/h7H,2-6H2,1H3. The third kappa shape index (κ3) is 1.85. The van der Waals surface area contributed by atoms with Crippen LogP contribution in [-0.4, -0.2) is 14.8 Å². The normalized spacial score (nSPS) is 19.2. The van der Waals surface area contributed by atoms with Gasteiger partial charge in [-0.3, -0.25) is 0 Å². The Morgan fingerprint density at radius 3 is 2.54 bits per heavy atom. The van der Waals surface area contributed by atoms with Crippen molar-refractivity contribution in [1.29, 1.82) is 0 Å². The molecule has 4 heteroatoms. The van der Waals surface area contributed by atoms with Gasteiger partial charge in [-0.25, -0.2) is 9.67 Å². The van der Waals surface area contributed by atoms with Gasteiger partial charge < -0.3 is 0 Å². The zero-order valence-corrected chi connectivity index (χ0v) is 8.59. The first-order valence-corrected chi connectivity index (χ1v) is 5.21. The quantitative estimate of drug-likeness (QED) is 0.696. The van der Waals surface area contributed by atoms with Crippen LogP contribution in [-0.2, 0) is 7.05 Å². The Hall–Kier alpha value is -0.570. The highest BCUT2D eigenvalue weighted by Gasteiger charge is 2.20. The summed E-state index contributed by atoms with van der Waals surface area (Å²) < 4.78 is 1.64. The molecule has 0 saturated heterocycles. The molecule has 0 atom stereocenters. The lowest BCUT2D eigenvalue weighted by molar-refractivity contribution is 0.427. The van der Waals surface area contributed by atoms with Gasteiger partial charge in [0.2, 0.25) is 5.28 Å². The summed E-state index contributed by atoms with van der Waals surface area (Å²) in [5, 5.41) is 4.81. The fourth-order valence-corrected chi connectivity index (χ4v) is 2.04. The number of rotatable bonds is 1. The molecule has 0 bridgehead atoms. The Bertz CT molecular complexity index is 270. The van der Waals surface area contributed by atoms with Crippen molar-refractivity contribution in [3.05, 3.63) is 11.1 Å². The highest BCUT2D eigenvalue weighted by atomic mass is 35.5. The minimum Gasteiger partial charge on any atom is -0.239 e. The fourth-order valence-electron chi connectivity index (χ4n) is 1.92. The first-order chi connectivity index (χ1) is 6.27. The molecule has 2 rings (SSSR count). The van der Waals surface area contributed by atoms with E-state index >= 15 is 0 Å². The van der Waals surface area contributed by atoms with Crippen molar-refractivity contribution in [3.63, 3.8) is 0 Å². The number of aromatic nitrogens is 3. The number of hydrogen-bond donors (Lipinski definition) is 0. The molecule has 0 radical (unpaired) electrons. The topological polar surface area (TPSA) is 30.7 Å². The van der Waals surface area contributed by atoms with Crippen LogP contribution in [0.2, 0.25) is 5.28 Å². The Morgan fingerprint density at radius 2 is 2.00 bits per heavy atom. The summed E-state index contributed by atoms with van der Waals surface area (Å²) in [5.41, 5.74) is 0. The largest absolute Gasteiger partial charge is 0.239 e. The van der Waals surface area contributed by atoms with Crippen LogP contribution in [0.15, 0.2) is 0 Å². The van der Waals surface area contributed by atoms with Crippen LogP contribution < -0.4 is 0 Å². The second-order valence-electron chi connectivity index (χ2n) is 3.70. The second kappa shape index (κ2) is 3.66. The van der Waals surface area contributed by atoms with Crippen LogP contribution in [0.25, 0.3) is 0 Å². The summed E-state index contributed by atoms with van der Waals surface area (Å²) in [5.74, 6) is 1.49. The van der Waals surface area contributed by atoms with Crippen molar-refractivity contribution in [1.82, 2.24) is 14.8 Å². The van der Waals surface area contributed by atoms with Gasteiger partial charge in [0, 0.05) is 13.0 Å². The summed E-state index contributed by atoms with van der Waals surface area (Å²) >= 11 is 5.84. The molecule has 13 heavy (non-hydrogen) atoms. The molecule has 1 saturated carbocycles. The van der Waals surface area contributed by atoms with Gasteiger partial charge in [0.15, 0.2) is 5.82 Å². The molecule has 1 aromatic heterocycles. The van der Waals surface area contributed by atoms with Gasteiger partial charge >= 0.3 is 0 Å². The van der Waals surface area contributed by atoms with Gasteiger partial charge in [-0.2, -0.15) is 5.10 Å². The molecular weight excluding hydrogens is 186 g/mol. The van der Waals surface area contributed by atoms with Crippen molar-refractivity contribution >= 4 is 11.6 Å². The number of aryl methyl sites for hydroxylation is 1. The first-order valence-electron chi connectivity index (χ1n) is 4.84.